The highest BCUT2D eigenvalue weighted by atomic mass is 28.3. The monoisotopic (exact) mass is 407 g/mol. The Kier molecular flexibility index (Phi) is 17.8. The van der Waals surface area contributed by atoms with Gasteiger partial charge in [0.15, 0.2) is 0 Å². The Balaban J connectivity index is 0. The lowest BCUT2D eigenvalue weighted by Crippen LogP contribution is -2.58. The molecule has 0 amide bonds. The zero-order chi connectivity index (χ0) is 20.8. The van der Waals surface area contributed by atoms with Crippen LogP contribution < -0.4 is 0 Å². The van der Waals surface area contributed by atoms with Gasteiger partial charge in [-0.3, -0.25) is 0 Å². The Bertz CT molecular complexity index is 279. The largest absolute Gasteiger partial charge is 0.484 e. The highest BCUT2D eigenvalue weighted by Crippen LogP contribution is 2.43. The van der Waals surface area contributed by atoms with Gasteiger partial charge in [0, 0.05) is 19.8 Å². The highest BCUT2D eigenvalue weighted by molar-refractivity contribution is 6.80. The van der Waals surface area contributed by atoms with Crippen molar-refractivity contribution in [2.45, 2.75) is 98.7 Å². The van der Waals surface area contributed by atoms with Crippen LogP contribution in [0, 0.1) is 0 Å². The van der Waals surface area contributed by atoms with E-state index < -0.39 is 17.8 Å². The first-order chi connectivity index (χ1) is 12.2. The molecule has 0 heterocycles. The molecular weight excluding hydrogens is 358 g/mol. The van der Waals surface area contributed by atoms with E-state index in [9.17, 15) is 0 Å². The van der Waals surface area contributed by atoms with Gasteiger partial charge in [-0.25, -0.2) is 0 Å². The molecule has 0 spiro atoms. The quantitative estimate of drug-likeness (QED) is 0.366. The lowest BCUT2D eigenvalue weighted by atomic mass is 10.3. The number of hydrogen-bond donors (Lipinski definition) is 0. The van der Waals surface area contributed by atoms with Gasteiger partial charge in [0.25, 0.3) is 0 Å². The van der Waals surface area contributed by atoms with Crippen LogP contribution in [-0.2, 0) is 13.3 Å². The van der Waals surface area contributed by atoms with Gasteiger partial charge in [-0.2, -0.15) is 0 Å². The van der Waals surface area contributed by atoms with Crippen LogP contribution in [0.2, 0.25) is 16.6 Å². The van der Waals surface area contributed by atoms with Crippen LogP contribution >= 0.6 is 0 Å². The van der Waals surface area contributed by atoms with Crippen molar-refractivity contribution in [2.75, 3.05) is 33.4 Å². The topological polar surface area (TPSA) is 30.9 Å². The van der Waals surface area contributed by atoms with E-state index in [4.69, 9.17) is 13.3 Å². The first-order valence-corrected chi connectivity index (χ1v) is 14.3. The number of hydrogen-bond acceptors (Lipinski definition) is 4. The van der Waals surface area contributed by atoms with Gasteiger partial charge in [-0.1, -0.05) is 54.9 Å². The Morgan fingerprint density at radius 3 is 1.31 bits per heavy atom. The second-order valence-electron chi connectivity index (χ2n) is 7.78. The molecule has 0 aromatic rings. The fourth-order valence-corrected chi connectivity index (χ4v) is 12.8. The summed E-state index contributed by atoms with van der Waals surface area (Å²) in [4.78, 5) is 0. The molecule has 0 aromatic carbocycles. The molecule has 0 unspecified atom stereocenters. The third kappa shape index (κ3) is 9.46. The van der Waals surface area contributed by atoms with E-state index in [1.165, 1.54) is 19.4 Å². The highest BCUT2D eigenvalue weighted by Gasteiger charge is 2.46. The van der Waals surface area contributed by atoms with E-state index >= 15 is 0 Å². The summed E-state index contributed by atoms with van der Waals surface area (Å²) >= 11 is 0. The molecule has 0 radical (unpaired) electrons. The maximum atomic E-state index is 5.22. The van der Waals surface area contributed by atoms with Gasteiger partial charge >= 0.3 is 9.53 Å². The van der Waals surface area contributed by atoms with Crippen LogP contribution in [0.3, 0.4) is 0 Å². The Morgan fingerprint density at radius 2 is 1.08 bits per heavy atom. The normalized spacial score (nSPS) is 12.5. The lowest BCUT2D eigenvalue weighted by molar-refractivity contribution is 0.107. The summed E-state index contributed by atoms with van der Waals surface area (Å²) in [7, 11) is -0.692. The van der Waals surface area contributed by atoms with Crippen molar-refractivity contribution < 1.29 is 13.3 Å². The summed E-state index contributed by atoms with van der Waals surface area (Å²) in [5.41, 5.74) is 2.53. The Morgan fingerprint density at radius 1 is 0.731 bits per heavy atom. The van der Waals surface area contributed by atoms with Crippen LogP contribution in [0.15, 0.2) is 0 Å². The van der Waals surface area contributed by atoms with Crippen LogP contribution in [0.4, 0.5) is 0 Å². The summed E-state index contributed by atoms with van der Waals surface area (Å²) in [6.07, 6.45) is 2.65. The van der Waals surface area contributed by atoms with Crippen molar-refractivity contribution in [2.24, 2.45) is 0 Å². The van der Waals surface area contributed by atoms with Gasteiger partial charge in [0.1, 0.15) is 8.24 Å². The van der Waals surface area contributed by atoms with E-state index in [0.29, 0.717) is 19.8 Å². The molecule has 26 heavy (non-hydrogen) atoms. The van der Waals surface area contributed by atoms with E-state index in [1.54, 1.807) is 0 Å². The Labute approximate surface area is 168 Å². The first kappa shape index (κ1) is 28.5. The van der Waals surface area contributed by atoms with Crippen LogP contribution in [0.5, 0.6) is 0 Å². The first-order valence-electron chi connectivity index (χ1n) is 10.7. The Hall–Kier alpha value is 0.274. The van der Waals surface area contributed by atoms with Gasteiger partial charge < -0.3 is 17.8 Å². The van der Waals surface area contributed by atoms with Gasteiger partial charge in [-0.15, -0.1) is 0 Å². The molecule has 0 saturated carbocycles. The molecule has 4 nitrogen and oxygen atoms in total. The van der Waals surface area contributed by atoms with Crippen LogP contribution in [0.25, 0.3) is 0 Å². The molecule has 0 aliphatic rings. The van der Waals surface area contributed by atoms with Gasteiger partial charge in [-0.05, 0) is 57.4 Å². The number of rotatable bonds is 13. The molecule has 0 aromatic heterocycles. The van der Waals surface area contributed by atoms with Crippen LogP contribution in [0.1, 0.15) is 82.1 Å². The standard InChI is InChI=1S/C14H33NSi.C6H16O3Si/c1-9-10-11-15(8)16(12(2)3,13(4)5)14(6)7;1-4-7-10(8-5-2)9-6-3/h12-14H,9-11H2,1-8H3;10H,4-6H2,1-3H3. The molecule has 0 rings (SSSR count). The zero-order valence-electron chi connectivity index (χ0n) is 19.7. The van der Waals surface area contributed by atoms with E-state index in [0.717, 1.165) is 16.6 Å². The molecule has 0 bridgehead atoms. The maximum Gasteiger partial charge on any atom is 0.484 e. The lowest BCUT2D eigenvalue weighted by Gasteiger charge is -2.49. The van der Waals surface area contributed by atoms with Crippen molar-refractivity contribution in [3.8, 4) is 0 Å². The molecule has 0 saturated heterocycles. The SMILES string of the molecule is CCCCN(C)[Si](C(C)C)(C(C)C)C(C)C.CCO[SiH](OCC)OCC. The van der Waals surface area contributed by atoms with E-state index in [1.807, 2.05) is 20.8 Å². The molecule has 0 atom stereocenters. The minimum atomic E-state index is -1.73. The minimum Gasteiger partial charge on any atom is -0.376 e. The number of nitrogens with zero attached hydrogens (tertiary/aromatic N) is 1. The zero-order valence-corrected chi connectivity index (χ0v) is 21.9. The smallest absolute Gasteiger partial charge is 0.376 e. The summed E-state index contributed by atoms with van der Waals surface area (Å²) in [5, 5.41) is 0. The van der Waals surface area contributed by atoms with Crippen molar-refractivity contribution in [1.82, 2.24) is 4.57 Å². The van der Waals surface area contributed by atoms with E-state index in [-0.39, 0.29) is 0 Å². The molecule has 0 aliphatic heterocycles. The summed E-state index contributed by atoms with van der Waals surface area (Å²) < 4.78 is 18.4. The van der Waals surface area contributed by atoms with Crippen molar-refractivity contribution in [1.29, 1.82) is 0 Å². The predicted octanol–water partition coefficient (Wildman–Crippen LogP) is 5.71. The third-order valence-electron chi connectivity index (χ3n) is 5.19. The second-order valence-corrected chi connectivity index (χ2v) is 15.4. The fraction of sp³-hybridized carbons (Fsp3) is 1.00. The average Bonchev–Trinajstić information content (AvgIpc) is 2.53. The predicted molar refractivity (Wildman–Crippen MR) is 121 cm³/mol. The van der Waals surface area contributed by atoms with Gasteiger partial charge in [0.2, 0.25) is 0 Å². The summed E-state index contributed by atoms with van der Waals surface area (Å²) in [5.74, 6) is 0. The number of unbranched alkanes of at least 4 members (excludes halogenated alkanes) is 1. The van der Waals surface area contributed by atoms with E-state index in [2.05, 4.69) is 60.1 Å². The fourth-order valence-electron chi connectivity index (χ4n) is 4.46. The van der Waals surface area contributed by atoms with Crippen molar-refractivity contribution in [3.05, 3.63) is 0 Å². The molecule has 0 fully saturated rings. The van der Waals surface area contributed by atoms with Crippen molar-refractivity contribution >= 4 is 17.8 Å². The summed E-state index contributed by atoms with van der Waals surface area (Å²) in [6.45, 7) is 26.1. The molecule has 0 N–H and O–H groups in total. The van der Waals surface area contributed by atoms with Crippen molar-refractivity contribution in [3.63, 3.8) is 0 Å². The van der Waals surface area contributed by atoms with Gasteiger partial charge in [0.05, 0.1) is 0 Å². The average molecular weight is 408 g/mol. The molecule has 0 aliphatic carbocycles. The van der Waals surface area contributed by atoms with Crippen LogP contribution in [-0.4, -0.2) is 55.7 Å². The molecule has 160 valence electrons. The molecule has 6 heteroatoms. The third-order valence-corrected chi connectivity index (χ3v) is 14.1. The summed E-state index contributed by atoms with van der Waals surface area (Å²) in [6, 6.07) is 0. The minimum absolute atomic E-state index is 0.677. The maximum absolute atomic E-state index is 5.22. The second kappa shape index (κ2) is 16.2. The molecular formula is C20H49NO3Si2.